The first-order valence-corrected chi connectivity index (χ1v) is 6.80. The number of carbonyl (C=O) groups is 2. The lowest BCUT2D eigenvalue weighted by atomic mass is 10.1. The second-order valence-corrected chi connectivity index (χ2v) is 4.07. The van der Waals surface area contributed by atoms with Gasteiger partial charge in [0, 0.05) is 4.90 Å². The Balaban J connectivity index is 3.17. The molecule has 0 amide bonds. The molecular weight excluding hydrogens is 252 g/mol. The summed E-state index contributed by atoms with van der Waals surface area (Å²) >= 11 is 1.31. The zero-order chi connectivity index (χ0) is 13.5. The predicted molar refractivity (Wildman–Crippen MR) is 69.0 cm³/mol. The van der Waals surface area contributed by atoms with Gasteiger partial charge in [0.05, 0.1) is 24.3 Å². The number of hydrogen-bond acceptors (Lipinski definition) is 5. The van der Waals surface area contributed by atoms with Crippen molar-refractivity contribution < 1.29 is 19.1 Å². The normalized spacial score (nSPS) is 9.94. The average molecular weight is 267 g/mol. The molecule has 0 bridgehead atoms. The van der Waals surface area contributed by atoms with Gasteiger partial charge in [0.25, 0.3) is 0 Å². The quantitative estimate of drug-likeness (QED) is 0.606. The number of hydrogen-bond donors (Lipinski definition) is 0. The van der Waals surface area contributed by atoms with Crippen molar-refractivity contribution >= 4 is 23.7 Å². The monoisotopic (exact) mass is 267 g/mol. The SMILES string of the molecule is CCOC(=O)c1c[c]cc(C(=O)OCC)c1SC. The van der Waals surface area contributed by atoms with Crippen LogP contribution in [0.25, 0.3) is 0 Å². The number of carbonyl (C=O) groups excluding carboxylic acids is 2. The fourth-order valence-corrected chi connectivity index (χ4v) is 2.15. The first-order valence-electron chi connectivity index (χ1n) is 5.58. The van der Waals surface area contributed by atoms with Crippen LogP contribution in [0.1, 0.15) is 34.6 Å². The van der Waals surface area contributed by atoms with Crippen molar-refractivity contribution in [3.63, 3.8) is 0 Å². The summed E-state index contributed by atoms with van der Waals surface area (Å²) in [6.45, 7) is 4.04. The summed E-state index contributed by atoms with van der Waals surface area (Å²) in [6.07, 6.45) is 1.79. The molecule has 0 atom stereocenters. The van der Waals surface area contributed by atoms with Crippen LogP contribution in [0.2, 0.25) is 0 Å². The standard InChI is InChI=1S/C13H15O4S/c1-4-16-12(14)9-7-6-8-10(11(9)18-3)13(15)17-5-2/h7-8H,4-5H2,1-3H3. The minimum absolute atomic E-state index is 0.288. The molecule has 0 spiro atoms. The van der Waals surface area contributed by atoms with Gasteiger partial charge in [0.1, 0.15) is 0 Å². The molecule has 0 aliphatic carbocycles. The van der Waals surface area contributed by atoms with Gasteiger partial charge in [-0.15, -0.1) is 11.8 Å². The zero-order valence-electron chi connectivity index (χ0n) is 10.6. The molecule has 0 unspecified atom stereocenters. The molecular formula is C13H15O4S. The van der Waals surface area contributed by atoms with Crippen molar-refractivity contribution in [1.82, 2.24) is 0 Å². The largest absolute Gasteiger partial charge is 0.462 e. The second-order valence-electron chi connectivity index (χ2n) is 3.26. The van der Waals surface area contributed by atoms with E-state index in [-0.39, 0.29) is 13.2 Å². The van der Waals surface area contributed by atoms with Gasteiger partial charge in [-0.05, 0) is 38.3 Å². The molecule has 0 aliphatic heterocycles. The Bertz CT molecular complexity index is 406. The maximum Gasteiger partial charge on any atom is 0.339 e. The Kier molecular flexibility index (Phi) is 5.71. The highest BCUT2D eigenvalue weighted by atomic mass is 32.2. The van der Waals surface area contributed by atoms with E-state index in [1.807, 2.05) is 0 Å². The Morgan fingerprint density at radius 1 is 1.11 bits per heavy atom. The molecule has 1 radical (unpaired) electrons. The number of benzene rings is 1. The summed E-state index contributed by atoms with van der Waals surface area (Å²) < 4.78 is 9.88. The fourth-order valence-electron chi connectivity index (χ4n) is 1.43. The average Bonchev–Trinajstić information content (AvgIpc) is 2.38. The van der Waals surface area contributed by atoms with Gasteiger partial charge in [-0.1, -0.05) is 0 Å². The minimum atomic E-state index is -0.454. The molecule has 1 aromatic carbocycles. The Morgan fingerprint density at radius 2 is 1.56 bits per heavy atom. The molecule has 0 heterocycles. The van der Waals surface area contributed by atoms with Crippen molar-refractivity contribution in [2.24, 2.45) is 0 Å². The Morgan fingerprint density at radius 3 is 1.89 bits per heavy atom. The van der Waals surface area contributed by atoms with E-state index in [1.165, 1.54) is 23.9 Å². The van der Waals surface area contributed by atoms with Gasteiger partial charge < -0.3 is 9.47 Å². The van der Waals surface area contributed by atoms with Crippen LogP contribution in [-0.2, 0) is 9.47 Å². The Labute approximate surface area is 111 Å². The van der Waals surface area contributed by atoms with E-state index in [9.17, 15) is 9.59 Å². The first kappa shape index (κ1) is 14.6. The van der Waals surface area contributed by atoms with E-state index < -0.39 is 11.9 Å². The summed E-state index contributed by atoms with van der Waals surface area (Å²) in [7, 11) is 0. The molecule has 1 rings (SSSR count). The molecule has 0 saturated carbocycles. The van der Waals surface area contributed by atoms with Crippen LogP contribution >= 0.6 is 11.8 Å². The van der Waals surface area contributed by atoms with Crippen molar-refractivity contribution in [3.8, 4) is 0 Å². The van der Waals surface area contributed by atoms with Crippen LogP contribution in [0.3, 0.4) is 0 Å². The maximum atomic E-state index is 11.7. The van der Waals surface area contributed by atoms with Gasteiger partial charge in [0.2, 0.25) is 0 Å². The number of rotatable bonds is 5. The van der Waals surface area contributed by atoms with E-state index in [0.29, 0.717) is 16.0 Å². The van der Waals surface area contributed by atoms with Gasteiger partial charge in [0.15, 0.2) is 0 Å². The zero-order valence-corrected chi connectivity index (χ0v) is 11.4. The highest BCUT2D eigenvalue weighted by molar-refractivity contribution is 7.98. The summed E-state index contributed by atoms with van der Waals surface area (Å²) in [5.41, 5.74) is 0.685. The van der Waals surface area contributed by atoms with Crippen LogP contribution < -0.4 is 0 Å². The highest BCUT2D eigenvalue weighted by Gasteiger charge is 2.19. The van der Waals surface area contributed by atoms with Crippen LogP contribution in [0.15, 0.2) is 17.0 Å². The van der Waals surface area contributed by atoms with Gasteiger partial charge in [-0.3, -0.25) is 0 Å². The maximum absolute atomic E-state index is 11.7. The van der Waals surface area contributed by atoms with Crippen molar-refractivity contribution in [2.75, 3.05) is 19.5 Å². The van der Waals surface area contributed by atoms with Gasteiger partial charge in [-0.2, -0.15) is 0 Å². The summed E-state index contributed by atoms with van der Waals surface area (Å²) in [5, 5.41) is 0. The Hall–Kier alpha value is -1.49. The molecule has 4 nitrogen and oxygen atoms in total. The van der Waals surface area contributed by atoms with Crippen molar-refractivity contribution in [3.05, 3.63) is 29.3 Å². The number of thioether (sulfide) groups is 1. The molecule has 5 heteroatoms. The molecule has 1 aromatic rings. The topological polar surface area (TPSA) is 52.6 Å². The minimum Gasteiger partial charge on any atom is -0.462 e. The lowest BCUT2D eigenvalue weighted by Crippen LogP contribution is -2.11. The third-order valence-electron chi connectivity index (χ3n) is 2.14. The summed E-state index contributed by atoms with van der Waals surface area (Å²) in [5.74, 6) is -0.909. The van der Waals surface area contributed by atoms with Crippen molar-refractivity contribution in [1.29, 1.82) is 0 Å². The molecule has 18 heavy (non-hydrogen) atoms. The number of esters is 2. The molecule has 97 valence electrons. The second kappa shape index (κ2) is 7.06. The highest BCUT2D eigenvalue weighted by Crippen LogP contribution is 2.26. The third-order valence-corrected chi connectivity index (χ3v) is 2.99. The van der Waals surface area contributed by atoms with Gasteiger partial charge >= 0.3 is 11.9 Å². The molecule has 0 N–H and O–H groups in total. The molecule has 0 aliphatic rings. The van der Waals surface area contributed by atoms with E-state index >= 15 is 0 Å². The van der Waals surface area contributed by atoms with Gasteiger partial charge in [-0.25, -0.2) is 9.59 Å². The van der Waals surface area contributed by atoms with Crippen LogP contribution in [0.4, 0.5) is 0 Å². The fraction of sp³-hybridized carbons (Fsp3) is 0.385. The van der Waals surface area contributed by atoms with Crippen molar-refractivity contribution in [2.45, 2.75) is 18.7 Å². The molecule has 0 aromatic heterocycles. The van der Waals surface area contributed by atoms with E-state index in [4.69, 9.17) is 9.47 Å². The van der Waals surface area contributed by atoms with E-state index in [0.717, 1.165) is 0 Å². The van der Waals surface area contributed by atoms with Crippen LogP contribution in [0, 0.1) is 6.07 Å². The summed E-state index contributed by atoms with van der Waals surface area (Å²) in [6, 6.07) is 5.81. The lowest BCUT2D eigenvalue weighted by Gasteiger charge is -2.10. The van der Waals surface area contributed by atoms with Crippen LogP contribution in [0.5, 0.6) is 0 Å². The number of ether oxygens (including phenoxy) is 2. The molecule has 0 fully saturated rings. The molecule has 0 saturated heterocycles. The smallest absolute Gasteiger partial charge is 0.339 e. The third kappa shape index (κ3) is 3.26. The van der Waals surface area contributed by atoms with E-state index in [1.54, 1.807) is 20.1 Å². The predicted octanol–water partition coefficient (Wildman–Crippen LogP) is 2.56. The first-order chi connectivity index (χ1) is 8.65. The lowest BCUT2D eigenvalue weighted by molar-refractivity contribution is 0.0517. The van der Waals surface area contributed by atoms with Crippen LogP contribution in [-0.4, -0.2) is 31.4 Å². The van der Waals surface area contributed by atoms with E-state index in [2.05, 4.69) is 6.07 Å². The summed E-state index contributed by atoms with van der Waals surface area (Å²) in [4.78, 5) is 24.1.